The van der Waals surface area contributed by atoms with E-state index < -0.39 is 0 Å². The quantitative estimate of drug-likeness (QED) is 0.574. The van der Waals surface area contributed by atoms with Crippen molar-refractivity contribution in [1.82, 2.24) is 4.90 Å². The third kappa shape index (κ3) is 4.88. The minimum absolute atomic E-state index is 0.150. The van der Waals surface area contributed by atoms with Crippen molar-refractivity contribution in [2.45, 2.75) is 0 Å². The highest BCUT2D eigenvalue weighted by Crippen LogP contribution is 2.31. The monoisotopic (exact) mass is 410 g/mol. The summed E-state index contributed by atoms with van der Waals surface area (Å²) < 4.78 is 5.58. The molecule has 0 aromatic heterocycles. The van der Waals surface area contributed by atoms with Gasteiger partial charge < -0.3 is 10.1 Å². The zero-order valence-corrected chi connectivity index (χ0v) is 16.8. The SMILES string of the molecule is COc1ccccc1NC(=O)CN1C(=O)/C(=C/C=C/c2ccccc2)SC1=S. The smallest absolute Gasteiger partial charge is 0.266 e. The summed E-state index contributed by atoms with van der Waals surface area (Å²) in [6, 6.07) is 16.9. The molecule has 0 spiro atoms. The summed E-state index contributed by atoms with van der Waals surface area (Å²) in [6.45, 7) is -0.150. The van der Waals surface area contributed by atoms with Gasteiger partial charge >= 0.3 is 0 Å². The van der Waals surface area contributed by atoms with Gasteiger partial charge in [-0.05, 0) is 23.8 Å². The fraction of sp³-hybridized carbons (Fsp3) is 0.0952. The standard InChI is InChI=1S/C21H18N2O3S2/c1-26-17-12-6-5-11-16(17)22-19(24)14-23-20(25)18(28-21(23)27)13-7-10-15-8-3-2-4-9-15/h2-13H,14H2,1H3,(H,22,24)/b10-7+,18-13-. The van der Waals surface area contributed by atoms with Gasteiger partial charge in [-0.1, -0.05) is 78.6 Å². The topological polar surface area (TPSA) is 58.6 Å². The molecular formula is C21H18N2O3S2. The van der Waals surface area contributed by atoms with Crippen LogP contribution in [0.25, 0.3) is 6.08 Å². The number of anilines is 1. The van der Waals surface area contributed by atoms with Gasteiger partial charge in [-0.25, -0.2) is 0 Å². The fourth-order valence-corrected chi connectivity index (χ4v) is 3.75. The Labute approximate surface area is 173 Å². The van der Waals surface area contributed by atoms with Crippen LogP contribution in [0.5, 0.6) is 5.75 Å². The maximum absolute atomic E-state index is 12.6. The Bertz CT molecular complexity index is 955. The number of hydrogen-bond donors (Lipinski definition) is 1. The van der Waals surface area contributed by atoms with Gasteiger partial charge in [-0.2, -0.15) is 0 Å². The molecule has 2 aromatic carbocycles. The third-order valence-corrected chi connectivity index (χ3v) is 5.29. The molecule has 1 saturated heterocycles. The summed E-state index contributed by atoms with van der Waals surface area (Å²) in [5.74, 6) is -0.0723. The van der Waals surface area contributed by atoms with Crippen LogP contribution in [0.15, 0.2) is 71.7 Å². The van der Waals surface area contributed by atoms with E-state index in [4.69, 9.17) is 17.0 Å². The van der Waals surface area contributed by atoms with Crippen LogP contribution in [0, 0.1) is 0 Å². The molecule has 0 bridgehead atoms. The van der Waals surface area contributed by atoms with E-state index in [-0.39, 0.29) is 18.4 Å². The van der Waals surface area contributed by atoms with Gasteiger partial charge in [0, 0.05) is 0 Å². The average Bonchev–Trinajstić information content (AvgIpc) is 2.97. The Kier molecular flexibility index (Phi) is 6.62. The van der Waals surface area contributed by atoms with Crippen molar-refractivity contribution in [1.29, 1.82) is 0 Å². The van der Waals surface area contributed by atoms with E-state index in [1.165, 1.54) is 23.8 Å². The molecule has 0 radical (unpaired) electrons. The molecule has 1 aliphatic heterocycles. The van der Waals surface area contributed by atoms with Crippen LogP contribution in [0.1, 0.15) is 5.56 Å². The van der Waals surface area contributed by atoms with Gasteiger partial charge in [0.1, 0.15) is 16.6 Å². The van der Waals surface area contributed by atoms with Crippen molar-refractivity contribution < 1.29 is 14.3 Å². The second kappa shape index (κ2) is 9.34. The summed E-state index contributed by atoms with van der Waals surface area (Å²) in [5.41, 5.74) is 1.58. The van der Waals surface area contributed by atoms with Crippen LogP contribution < -0.4 is 10.1 Å². The lowest BCUT2D eigenvalue weighted by Crippen LogP contribution is -2.36. The van der Waals surface area contributed by atoms with Crippen LogP contribution in [-0.4, -0.2) is 34.7 Å². The number of allylic oxidation sites excluding steroid dienone is 2. The van der Waals surface area contributed by atoms with Crippen molar-refractivity contribution in [3.63, 3.8) is 0 Å². The van der Waals surface area contributed by atoms with Crippen molar-refractivity contribution in [2.24, 2.45) is 0 Å². The highest BCUT2D eigenvalue weighted by atomic mass is 32.2. The molecule has 0 aliphatic carbocycles. The molecule has 1 fully saturated rings. The van der Waals surface area contributed by atoms with E-state index in [2.05, 4.69) is 5.32 Å². The number of hydrogen-bond acceptors (Lipinski definition) is 5. The molecule has 7 heteroatoms. The number of methoxy groups -OCH3 is 1. The summed E-state index contributed by atoms with van der Waals surface area (Å²) in [7, 11) is 1.53. The summed E-state index contributed by atoms with van der Waals surface area (Å²) in [5, 5.41) is 2.75. The Morgan fingerprint density at radius 3 is 2.64 bits per heavy atom. The van der Waals surface area contributed by atoms with E-state index in [1.807, 2.05) is 42.5 Å². The lowest BCUT2D eigenvalue weighted by molar-refractivity contribution is -0.126. The number of nitrogens with one attached hydrogen (secondary N) is 1. The van der Waals surface area contributed by atoms with Gasteiger partial charge in [0.05, 0.1) is 17.7 Å². The van der Waals surface area contributed by atoms with Crippen molar-refractivity contribution in [2.75, 3.05) is 19.0 Å². The number of thioether (sulfide) groups is 1. The molecule has 3 rings (SSSR count). The zero-order valence-electron chi connectivity index (χ0n) is 15.1. The molecule has 0 unspecified atom stereocenters. The van der Waals surface area contributed by atoms with Gasteiger partial charge in [-0.3, -0.25) is 14.5 Å². The third-order valence-electron chi connectivity index (χ3n) is 3.89. The summed E-state index contributed by atoms with van der Waals surface area (Å²) in [4.78, 5) is 26.7. The summed E-state index contributed by atoms with van der Waals surface area (Å²) >= 11 is 6.45. The largest absolute Gasteiger partial charge is 0.495 e. The van der Waals surface area contributed by atoms with Crippen LogP contribution in [0.4, 0.5) is 5.69 Å². The van der Waals surface area contributed by atoms with Crippen molar-refractivity contribution >= 4 is 51.9 Å². The number of thiocarbonyl (C=S) groups is 1. The first-order valence-corrected chi connectivity index (χ1v) is 9.71. The van der Waals surface area contributed by atoms with Gasteiger partial charge in [-0.15, -0.1) is 0 Å². The number of amides is 2. The van der Waals surface area contributed by atoms with Crippen LogP contribution in [0.3, 0.4) is 0 Å². The Hall–Kier alpha value is -2.90. The first-order chi connectivity index (χ1) is 13.6. The average molecular weight is 411 g/mol. The number of carbonyl (C=O) groups excluding carboxylic acids is 2. The highest BCUT2D eigenvalue weighted by Gasteiger charge is 2.33. The molecule has 1 aliphatic rings. The normalized spacial score (nSPS) is 15.5. The van der Waals surface area contributed by atoms with Crippen molar-refractivity contribution in [3.8, 4) is 5.75 Å². The van der Waals surface area contributed by atoms with Gasteiger partial charge in [0.2, 0.25) is 5.91 Å². The zero-order chi connectivity index (χ0) is 19.9. The number of ether oxygens (including phenoxy) is 1. The van der Waals surface area contributed by atoms with Gasteiger partial charge in [0.15, 0.2) is 0 Å². The number of para-hydroxylation sites is 2. The molecule has 28 heavy (non-hydrogen) atoms. The predicted octanol–water partition coefficient (Wildman–Crippen LogP) is 4.09. The molecule has 0 saturated carbocycles. The van der Waals surface area contributed by atoms with E-state index in [9.17, 15) is 9.59 Å². The molecule has 142 valence electrons. The Morgan fingerprint density at radius 2 is 1.89 bits per heavy atom. The molecular weight excluding hydrogens is 392 g/mol. The second-order valence-electron chi connectivity index (χ2n) is 5.81. The van der Waals surface area contributed by atoms with E-state index in [0.29, 0.717) is 20.7 Å². The lowest BCUT2D eigenvalue weighted by atomic mass is 10.2. The minimum Gasteiger partial charge on any atom is -0.495 e. The van der Waals surface area contributed by atoms with E-state index >= 15 is 0 Å². The minimum atomic E-state index is -0.345. The van der Waals surface area contributed by atoms with Crippen LogP contribution in [-0.2, 0) is 9.59 Å². The van der Waals surface area contributed by atoms with E-state index in [1.54, 1.807) is 30.4 Å². The fourth-order valence-electron chi connectivity index (χ4n) is 2.54. The maximum atomic E-state index is 12.6. The van der Waals surface area contributed by atoms with Gasteiger partial charge in [0.25, 0.3) is 5.91 Å². The van der Waals surface area contributed by atoms with Crippen LogP contribution >= 0.6 is 24.0 Å². The molecule has 2 aromatic rings. The number of carbonyl (C=O) groups is 2. The first-order valence-electron chi connectivity index (χ1n) is 8.48. The van der Waals surface area contributed by atoms with Crippen molar-refractivity contribution in [3.05, 3.63) is 77.2 Å². The first kappa shape index (κ1) is 19.9. The predicted molar refractivity (Wildman–Crippen MR) is 117 cm³/mol. The molecule has 0 atom stereocenters. The summed E-state index contributed by atoms with van der Waals surface area (Å²) in [6.07, 6.45) is 5.42. The Balaban J connectivity index is 1.64. The Morgan fingerprint density at radius 1 is 1.18 bits per heavy atom. The van der Waals surface area contributed by atoms with E-state index in [0.717, 1.165) is 5.56 Å². The molecule has 2 amide bonds. The number of benzene rings is 2. The maximum Gasteiger partial charge on any atom is 0.266 e. The van der Waals surface area contributed by atoms with Crippen LogP contribution in [0.2, 0.25) is 0 Å². The highest BCUT2D eigenvalue weighted by molar-refractivity contribution is 8.26. The number of rotatable bonds is 6. The molecule has 1 N–H and O–H groups in total. The number of nitrogens with zero attached hydrogens (tertiary/aromatic N) is 1. The molecule has 1 heterocycles. The second-order valence-corrected chi connectivity index (χ2v) is 7.48. The molecule has 5 nitrogen and oxygen atoms in total. The lowest BCUT2D eigenvalue weighted by Gasteiger charge is -2.15.